The summed E-state index contributed by atoms with van der Waals surface area (Å²) in [4.78, 5) is 25.5. The molecule has 1 amide bonds. The molecule has 0 spiro atoms. The van der Waals surface area contributed by atoms with Crippen LogP contribution in [0.1, 0.15) is 23.0 Å². The van der Waals surface area contributed by atoms with Crippen LogP contribution >= 0.6 is 23.1 Å². The summed E-state index contributed by atoms with van der Waals surface area (Å²) in [5, 5.41) is 1.26. The Morgan fingerprint density at radius 3 is 2.84 bits per heavy atom. The van der Waals surface area contributed by atoms with Crippen LogP contribution in [0.3, 0.4) is 0 Å². The van der Waals surface area contributed by atoms with Crippen molar-refractivity contribution in [2.45, 2.75) is 23.5 Å². The molecule has 0 radical (unpaired) electrons. The molecular weight excluding hydrogens is 350 g/mol. The Morgan fingerprint density at radius 1 is 1.16 bits per heavy atom. The molecule has 0 saturated heterocycles. The number of rotatable bonds is 2. The Balaban J connectivity index is 1.66. The molecule has 1 aliphatic heterocycles. The number of anilines is 1. The largest absolute Gasteiger partial charge is 0.306 e. The number of nitrogens with zero attached hydrogens (tertiary/aromatic N) is 3. The van der Waals surface area contributed by atoms with Crippen molar-refractivity contribution >= 4 is 34.7 Å². The van der Waals surface area contributed by atoms with Gasteiger partial charge in [-0.05, 0) is 30.7 Å². The van der Waals surface area contributed by atoms with E-state index in [-0.39, 0.29) is 5.91 Å². The van der Waals surface area contributed by atoms with E-state index in [1.807, 2.05) is 53.1 Å². The monoisotopic (exact) mass is 367 g/mol. The normalized spacial score (nSPS) is 17.0. The fraction of sp³-hybridized carbons (Fsp3) is 0.211. The Morgan fingerprint density at radius 2 is 2.00 bits per heavy atom. The molecule has 0 bridgehead atoms. The van der Waals surface area contributed by atoms with Crippen molar-refractivity contribution < 1.29 is 4.79 Å². The van der Waals surface area contributed by atoms with E-state index in [0.29, 0.717) is 10.1 Å². The molecule has 25 heavy (non-hydrogen) atoms. The quantitative estimate of drug-likeness (QED) is 0.656. The molecule has 4 rings (SSSR count). The summed E-state index contributed by atoms with van der Waals surface area (Å²) >= 11 is 3.23. The summed E-state index contributed by atoms with van der Waals surface area (Å²) in [6, 6.07) is 13.8. The molecule has 6 heteroatoms. The lowest BCUT2D eigenvalue weighted by Crippen LogP contribution is -2.31. The number of benzene rings is 1. The van der Waals surface area contributed by atoms with E-state index >= 15 is 0 Å². The van der Waals surface area contributed by atoms with Gasteiger partial charge in [-0.3, -0.25) is 9.78 Å². The van der Waals surface area contributed by atoms with Gasteiger partial charge in [0.05, 0.1) is 17.6 Å². The van der Waals surface area contributed by atoms with Crippen molar-refractivity contribution in [3.05, 3.63) is 59.7 Å². The molecule has 1 aromatic carbocycles. The van der Waals surface area contributed by atoms with Crippen LogP contribution in [-0.2, 0) is 0 Å². The van der Waals surface area contributed by atoms with Gasteiger partial charge in [-0.2, -0.15) is 0 Å². The molecule has 0 saturated carbocycles. The number of hydrogen-bond acceptors (Lipinski definition) is 5. The number of thioether (sulfide) groups is 1. The second kappa shape index (κ2) is 6.98. The number of para-hydroxylation sites is 1. The number of carbonyl (C=O) groups excluding carboxylic acids is 1. The zero-order valence-corrected chi connectivity index (χ0v) is 15.4. The molecule has 3 heterocycles. The number of pyridine rings is 1. The van der Waals surface area contributed by atoms with Crippen molar-refractivity contribution in [3.8, 4) is 10.7 Å². The van der Waals surface area contributed by atoms with Gasteiger partial charge in [-0.1, -0.05) is 25.1 Å². The van der Waals surface area contributed by atoms with E-state index in [1.165, 1.54) is 11.3 Å². The van der Waals surface area contributed by atoms with Gasteiger partial charge < -0.3 is 4.90 Å². The van der Waals surface area contributed by atoms with Crippen molar-refractivity contribution in [2.75, 3.05) is 11.4 Å². The summed E-state index contributed by atoms with van der Waals surface area (Å²) in [6.07, 6.45) is 4.37. The standard InChI is InChI=1S/C19H17N3OS2/c1-13-9-11-22(15-7-2-3-8-16(15)24-13)19(23)17-12-21-18(25-17)14-6-4-5-10-20-14/h2-8,10,12-13H,9,11H2,1H3. The third kappa shape index (κ3) is 3.32. The van der Waals surface area contributed by atoms with E-state index in [4.69, 9.17) is 0 Å². The minimum atomic E-state index is 0.0156. The fourth-order valence-corrected chi connectivity index (χ4v) is 4.77. The van der Waals surface area contributed by atoms with Crippen LogP contribution in [0.15, 0.2) is 59.8 Å². The number of aromatic nitrogens is 2. The smallest absolute Gasteiger partial charge is 0.270 e. The third-order valence-electron chi connectivity index (χ3n) is 4.09. The predicted octanol–water partition coefficient (Wildman–Crippen LogP) is 4.74. The zero-order chi connectivity index (χ0) is 17.2. The lowest BCUT2D eigenvalue weighted by atomic mass is 10.2. The van der Waals surface area contributed by atoms with Crippen LogP contribution in [0.4, 0.5) is 5.69 Å². The lowest BCUT2D eigenvalue weighted by Gasteiger charge is -2.21. The van der Waals surface area contributed by atoms with Crippen molar-refractivity contribution in [3.63, 3.8) is 0 Å². The molecule has 0 N–H and O–H groups in total. The molecule has 0 fully saturated rings. The first-order valence-electron chi connectivity index (χ1n) is 8.17. The summed E-state index contributed by atoms with van der Waals surface area (Å²) in [5.41, 5.74) is 1.79. The average Bonchev–Trinajstić information content (AvgIpc) is 3.07. The Hall–Kier alpha value is -2.18. The highest BCUT2D eigenvalue weighted by Crippen LogP contribution is 2.38. The van der Waals surface area contributed by atoms with Gasteiger partial charge in [-0.25, -0.2) is 4.98 Å². The van der Waals surface area contributed by atoms with Crippen LogP contribution in [-0.4, -0.2) is 27.7 Å². The zero-order valence-electron chi connectivity index (χ0n) is 13.8. The highest BCUT2D eigenvalue weighted by Gasteiger charge is 2.26. The van der Waals surface area contributed by atoms with Crippen LogP contribution in [0, 0.1) is 0 Å². The molecule has 1 atom stereocenters. The van der Waals surface area contributed by atoms with Crippen LogP contribution in [0.25, 0.3) is 10.7 Å². The number of carbonyl (C=O) groups is 1. The predicted molar refractivity (Wildman–Crippen MR) is 103 cm³/mol. The number of thiazole rings is 1. The first-order chi connectivity index (χ1) is 12.2. The van der Waals surface area contributed by atoms with E-state index in [0.717, 1.165) is 34.2 Å². The highest BCUT2D eigenvalue weighted by molar-refractivity contribution is 8.00. The van der Waals surface area contributed by atoms with Crippen LogP contribution < -0.4 is 4.90 Å². The van der Waals surface area contributed by atoms with Crippen LogP contribution in [0.5, 0.6) is 0 Å². The minimum absolute atomic E-state index is 0.0156. The van der Waals surface area contributed by atoms with Gasteiger partial charge in [0, 0.05) is 22.9 Å². The molecular formula is C19H17N3OS2. The Bertz CT molecular complexity index is 894. The third-order valence-corrected chi connectivity index (χ3v) is 6.33. The van der Waals surface area contributed by atoms with Gasteiger partial charge in [0.25, 0.3) is 5.91 Å². The van der Waals surface area contributed by atoms with E-state index in [9.17, 15) is 4.79 Å². The molecule has 1 unspecified atom stereocenters. The molecule has 2 aromatic heterocycles. The Labute approximate surface area is 154 Å². The maximum Gasteiger partial charge on any atom is 0.270 e. The van der Waals surface area contributed by atoms with Gasteiger partial charge in [0.1, 0.15) is 9.88 Å². The summed E-state index contributed by atoms with van der Waals surface area (Å²) in [5.74, 6) is 0.0156. The molecule has 126 valence electrons. The SMILES string of the molecule is CC1CCN(C(=O)c2cnc(-c3ccccn3)s2)c2ccccc2S1. The lowest BCUT2D eigenvalue weighted by molar-refractivity contribution is 0.0990. The molecule has 1 aliphatic rings. The summed E-state index contributed by atoms with van der Waals surface area (Å²) < 4.78 is 0. The summed E-state index contributed by atoms with van der Waals surface area (Å²) in [6.45, 7) is 2.93. The highest BCUT2D eigenvalue weighted by atomic mass is 32.2. The van der Waals surface area contributed by atoms with Gasteiger partial charge >= 0.3 is 0 Å². The van der Waals surface area contributed by atoms with Gasteiger partial charge in [0.2, 0.25) is 0 Å². The minimum Gasteiger partial charge on any atom is -0.306 e. The second-order valence-corrected chi connectivity index (χ2v) is 8.40. The molecule has 3 aromatic rings. The first-order valence-corrected chi connectivity index (χ1v) is 9.87. The van der Waals surface area contributed by atoms with Gasteiger partial charge in [0.15, 0.2) is 0 Å². The van der Waals surface area contributed by atoms with E-state index in [2.05, 4.69) is 23.0 Å². The molecule has 4 nitrogen and oxygen atoms in total. The number of hydrogen-bond donors (Lipinski definition) is 0. The topological polar surface area (TPSA) is 46.1 Å². The molecule has 0 aliphatic carbocycles. The maximum absolute atomic E-state index is 13.1. The Kier molecular flexibility index (Phi) is 4.55. The summed E-state index contributed by atoms with van der Waals surface area (Å²) in [7, 11) is 0. The fourth-order valence-electron chi connectivity index (χ4n) is 2.81. The van der Waals surface area contributed by atoms with Crippen molar-refractivity contribution in [2.24, 2.45) is 0 Å². The van der Waals surface area contributed by atoms with Gasteiger partial charge in [-0.15, -0.1) is 23.1 Å². The number of amides is 1. The van der Waals surface area contributed by atoms with Crippen molar-refractivity contribution in [1.29, 1.82) is 0 Å². The van der Waals surface area contributed by atoms with E-state index in [1.54, 1.807) is 12.4 Å². The maximum atomic E-state index is 13.1. The second-order valence-electron chi connectivity index (χ2n) is 5.89. The van der Waals surface area contributed by atoms with Crippen LogP contribution in [0.2, 0.25) is 0 Å². The average molecular weight is 367 g/mol. The van der Waals surface area contributed by atoms with Crippen molar-refractivity contribution in [1.82, 2.24) is 9.97 Å². The van der Waals surface area contributed by atoms with E-state index < -0.39 is 0 Å². The number of fused-ring (bicyclic) bond motifs is 1. The first kappa shape index (κ1) is 16.3.